The van der Waals surface area contributed by atoms with E-state index in [1.165, 1.54) is 6.42 Å². The summed E-state index contributed by atoms with van der Waals surface area (Å²) in [6, 6.07) is 0. The predicted molar refractivity (Wildman–Crippen MR) is 80.6 cm³/mol. The highest BCUT2D eigenvalue weighted by Gasteiger charge is 2.15. The second-order valence-electron chi connectivity index (χ2n) is 6.42. The third-order valence-electron chi connectivity index (χ3n) is 2.55. The number of alkyl carbamates (subject to hydrolysis) is 1. The first-order valence-electron chi connectivity index (χ1n) is 7.44. The summed E-state index contributed by atoms with van der Waals surface area (Å²) in [6.07, 6.45) is 3.12. The van der Waals surface area contributed by atoms with E-state index in [0.29, 0.717) is 19.0 Å². The van der Waals surface area contributed by atoms with E-state index < -0.39 is 11.7 Å². The van der Waals surface area contributed by atoms with E-state index >= 15 is 0 Å². The lowest BCUT2D eigenvalue weighted by atomic mass is 10.1. The standard InChI is InChI=1S/C15H30N2O3/c1-12(2)8-6-7-10-16-13(18)9-11-17-14(19)20-15(3,4)5/h12H,6-11H2,1-5H3,(H,16,18)(H,17,19). The number of amides is 2. The quantitative estimate of drug-likeness (QED) is 0.674. The van der Waals surface area contributed by atoms with Crippen molar-refractivity contribution in [1.29, 1.82) is 0 Å². The summed E-state index contributed by atoms with van der Waals surface area (Å²) < 4.78 is 5.07. The molecule has 118 valence electrons. The molecule has 5 heteroatoms. The van der Waals surface area contributed by atoms with Gasteiger partial charge in [-0.15, -0.1) is 0 Å². The van der Waals surface area contributed by atoms with Gasteiger partial charge in [0.1, 0.15) is 5.60 Å². The van der Waals surface area contributed by atoms with Crippen LogP contribution in [-0.4, -0.2) is 30.7 Å². The Hall–Kier alpha value is -1.26. The first-order chi connectivity index (χ1) is 9.20. The molecule has 0 rings (SSSR count). The SMILES string of the molecule is CC(C)CCCCNC(=O)CCNC(=O)OC(C)(C)C. The predicted octanol–water partition coefficient (Wildman–Crippen LogP) is 2.84. The summed E-state index contributed by atoms with van der Waals surface area (Å²) in [5.41, 5.74) is -0.511. The summed E-state index contributed by atoms with van der Waals surface area (Å²) in [4.78, 5) is 22.8. The lowest BCUT2D eigenvalue weighted by molar-refractivity contribution is -0.120. The van der Waals surface area contributed by atoms with Gasteiger partial charge in [-0.1, -0.05) is 26.7 Å². The minimum absolute atomic E-state index is 0.0365. The number of hydrogen-bond acceptors (Lipinski definition) is 3. The third-order valence-corrected chi connectivity index (χ3v) is 2.55. The second-order valence-corrected chi connectivity index (χ2v) is 6.42. The molecule has 5 nitrogen and oxygen atoms in total. The zero-order valence-electron chi connectivity index (χ0n) is 13.5. The minimum Gasteiger partial charge on any atom is -0.444 e. The van der Waals surface area contributed by atoms with Crippen LogP contribution in [0.3, 0.4) is 0 Å². The molecule has 0 heterocycles. The number of nitrogens with one attached hydrogen (secondary N) is 2. The molecule has 0 aromatic carbocycles. The highest BCUT2D eigenvalue weighted by atomic mass is 16.6. The van der Waals surface area contributed by atoms with Crippen molar-refractivity contribution in [3.8, 4) is 0 Å². The fourth-order valence-electron chi connectivity index (χ4n) is 1.59. The Morgan fingerprint density at radius 1 is 1.05 bits per heavy atom. The van der Waals surface area contributed by atoms with Crippen molar-refractivity contribution in [1.82, 2.24) is 10.6 Å². The molecule has 20 heavy (non-hydrogen) atoms. The van der Waals surface area contributed by atoms with Crippen LogP contribution in [0.4, 0.5) is 4.79 Å². The molecule has 0 aromatic rings. The van der Waals surface area contributed by atoms with Gasteiger partial charge in [0.25, 0.3) is 0 Å². The molecule has 0 atom stereocenters. The molecule has 0 saturated heterocycles. The molecule has 2 amide bonds. The van der Waals surface area contributed by atoms with E-state index in [4.69, 9.17) is 4.74 Å². The molecule has 2 N–H and O–H groups in total. The van der Waals surface area contributed by atoms with Crippen LogP contribution in [-0.2, 0) is 9.53 Å². The van der Waals surface area contributed by atoms with E-state index in [1.807, 2.05) is 0 Å². The number of rotatable bonds is 8. The Morgan fingerprint density at radius 3 is 2.25 bits per heavy atom. The third kappa shape index (κ3) is 13.2. The van der Waals surface area contributed by atoms with Crippen LogP contribution < -0.4 is 10.6 Å². The highest BCUT2D eigenvalue weighted by Crippen LogP contribution is 2.06. The van der Waals surface area contributed by atoms with Gasteiger partial charge in [-0.3, -0.25) is 4.79 Å². The lowest BCUT2D eigenvalue weighted by Gasteiger charge is -2.19. The second kappa shape index (κ2) is 9.61. The van der Waals surface area contributed by atoms with Crippen molar-refractivity contribution in [2.75, 3.05) is 13.1 Å². The van der Waals surface area contributed by atoms with Crippen LogP contribution in [0.5, 0.6) is 0 Å². The number of ether oxygens (including phenoxy) is 1. The van der Waals surface area contributed by atoms with Gasteiger partial charge in [0.15, 0.2) is 0 Å². The summed E-state index contributed by atoms with van der Waals surface area (Å²) in [6.45, 7) is 10.8. The van der Waals surface area contributed by atoms with Crippen molar-refractivity contribution < 1.29 is 14.3 Å². The Bertz CT molecular complexity index is 296. The van der Waals surface area contributed by atoms with E-state index in [0.717, 1.165) is 12.8 Å². The van der Waals surface area contributed by atoms with E-state index in [9.17, 15) is 9.59 Å². The Labute approximate surface area is 122 Å². The van der Waals surface area contributed by atoms with Gasteiger partial charge in [-0.2, -0.15) is 0 Å². The Morgan fingerprint density at radius 2 is 1.70 bits per heavy atom. The molecule has 0 aromatic heterocycles. The number of hydrogen-bond donors (Lipinski definition) is 2. The molecule has 0 aliphatic heterocycles. The van der Waals surface area contributed by atoms with Gasteiger partial charge < -0.3 is 15.4 Å². The number of carbonyl (C=O) groups excluding carboxylic acids is 2. The summed E-state index contributed by atoms with van der Waals surface area (Å²) in [7, 11) is 0. The number of unbranched alkanes of at least 4 members (excludes halogenated alkanes) is 1. The maximum Gasteiger partial charge on any atom is 0.407 e. The van der Waals surface area contributed by atoms with Crippen LogP contribution in [0.2, 0.25) is 0 Å². The van der Waals surface area contributed by atoms with Crippen molar-refractivity contribution in [2.24, 2.45) is 5.92 Å². The van der Waals surface area contributed by atoms with Gasteiger partial charge in [0, 0.05) is 19.5 Å². The molecule has 0 bridgehead atoms. The summed E-state index contributed by atoms with van der Waals surface area (Å²) in [5.74, 6) is 0.675. The zero-order chi connectivity index (χ0) is 15.6. The fraction of sp³-hybridized carbons (Fsp3) is 0.867. The van der Waals surface area contributed by atoms with E-state index in [2.05, 4.69) is 24.5 Å². The maximum absolute atomic E-state index is 11.5. The van der Waals surface area contributed by atoms with Gasteiger partial charge in [-0.05, 0) is 33.1 Å². The molecule has 0 aliphatic rings. The van der Waals surface area contributed by atoms with Gasteiger partial charge >= 0.3 is 6.09 Å². The maximum atomic E-state index is 11.5. The van der Waals surface area contributed by atoms with Crippen LogP contribution in [0.1, 0.15) is 60.3 Å². The Balaban J connectivity index is 3.52. The monoisotopic (exact) mass is 286 g/mol. The smallest absolute Gasteiger partial charge is 0.407 e. The van der Waals surface area contributed by atoms with Crippen LogP contribution in [0, 0.1) is 5.92 Å². The average Bonchev–Trinajstić information content (AvgIpc) is 2.25. The largest absolute Gasteiger partial charge is 0.444 e. The molecule has 0 fully saturated rings. The van der Waals surface area contributed by atoms with Crippen molar-refractivity contribution in [3.63, 3.8) is 0 Å². The molecular weight excluding hydrogens is 256 g/mol. The lowest BCUT2D eigenvalue weighted by Crippen LogP contribution is -2.35. The molecule has 0 saturated carbocycles. The first kappa shape index (κ1) is 18.7. The highest BCUT2D eigenvalue weighted by molar-refractivity contribution is 5.76. The fourth-order valence-corrected chi connectivity index (χ4v) is 1.59. The molecule has 0 spiro atoms. The molecule has 0 radical (unpaired) electrons. The van der Waals surface area contributed by atoms with Crippen molar-refractivity contribution >= 4 is 12.0 Å². The average molecular weight is 286 g/mol. The van der Waals surface area contributed by atoms with E-state index in [1.54, 1.807) is 20.8 Å². The Kier molecular flexibility index (Phi) is 9.01. The van der Waals surface area contributed by atoms with Crippen molar-refractivity contribution in [2.45, 2.75) is 65.9 Å². The van der Waals surface area contributed by atoms with Crippen LogP contribution in [0.15, 0.2) is 0 Å². The van der Waals surface area contributed by atoms with Gasteiger partial charge in [0.05, 0.1) is 0 Å². The normalized spacial score (nSPS) is 11.3. The minimum atomic E-state index is -0.511. The van der Waals surface area contributed by atoms with E-state index in [-0.39, 0.29) is 12.3 Å². The molecule has 0 aliphatic carbocycles. The number of carbonyl (C=O) groups is 2. The van der Waals surface area contributed by atoms with Crippen molar-refractivity contribution in [3.05, 3.63) is 0 Å². The molecular formula is C15H30N2O3. The first-order valence-corrected chi connectivity index (χ1v) is 7.44. The van der Waals surface area contributed by atoms with Gasteiger partial charge in [0.2, 0.25) is 5.91 Å². The van der Waals surface area contributed by atoms with Gasteiger partial charge in [-0.25, -0.2) is 4.79 Å². The van der Waals surface area contributed by atoms with Crippen LogP contribution in [0.25, 0.3) is 0 Å². The topological polar surface area (TPSA) is 67.4 Å². The zero-order valence-corrected chi connectivity index (χ0v) is 13.5. The summed E-state index contributed by atoms with van der Waals surface area (Å²) in [5, 5.41) is 5.41. The summed E-state index contributed by atoms with van der Waals surface area (Å²) >= 11 is 0. The van der Waals surface area contributed by atoms with Crippen LogP contribution >= 0.6 is 0 Å². The molecule has 0 unspecified atom stereocenters.